The van der Waals surface area contributed by atoms with Crippen molar-refractivity contribution in [3.8, 4) is 0 Å². The van der Waals surface area contributed by atoms with E-state index in [0.717, 1.165) is 0 Å². The fourth-order valence-electron chi connectivity index (χ4n) is 5.47. The third-order valence-electron chi connectivity index (χ3n) is 7.95. The highest BCUT2D eigenvalue weighted by atomic mass is 16.6. The lowest BCUT2D eigenvalue weighted by atomic mass is 9.84. The fraction of sp³-hybridized carbons (Fsp3) is 0.625. The molecule has 44 heavy (non-hydrogen) atoms. The number of primary amides is 1. The van der Waals surface area contributed by atoms with Crippen LogP contribution in [0.2, 0.25) is 0 Å². The molecule has 1 aliphatic carbocycles. The summed E-state index contributed by atoms with van der Waals surface area (Å²) in [6, 6.07) is 0. The first-order chi connectivity index (χ1) is 20.7. The average Bonchev–Trinajstić information content (AvgIpc) is 2.95. The Morgan fingerprint density at radius 2 is 1.82 bits per heavy atom. The van der Waals surface area contributed by atoms with Gasteiger partial charge in [0.15, 0.2) is 6.10 Å². The minimum atomic E-state index is -1.17. The van der Waals surface area contributed by atoms with E-state index in [4.69, 9.17) is 19.9 Å². The molecule has 0 fully saturated rings. The molecular formula is C32H52N4O8. The van der Waals surface area contributed by atoms with E-state index < -0.39 is 54.5 Å². The first kappa shape index (κ1) is 37.2. The van der Waals surface area contributed by atoms with Gasteiger partial charge in [-0.1, -0.05) is 38.2 Å². The molecule has 0 saturated carbocycles. The number of carbonyl (C=O) groups is 2. The maximum absolute atomic E-state index is 13.1. The topological polar surface area (TPSA) is 176 Å². The number of ether oxygens (including phenoxy) is 3. The molecule has 0 radical (unpaired) electrons. The summed E-state index contributed by atoms with van der Waals surface area (Å²) in [7, 11) is 6.87. The van der Waals surface area contributed by atoms with Crippen molar-refractivity contribution in [1.29, 1.82) is 0 Å². The van der Waals surface area contributed by atoms with E-state index in [2.05, 4.69) is 10.6 Å². The quantitative estimate of drug-likeness (QED) is 0.229. The summed E-state index contributed by atoms with van der Waals surface area (Å²) in [5.74, 6) is -0.966. The Morgan fingerprint density at radius 3 is 2.41 bits per heavy atom. The number of carbonyl (C=O) groups excluding carboxylic acids is 2. The molecule has 248 valence electrons. The zero-order valence-corrected chi connectivity index (χ0v) is 27.2. The van der Waals surface area contributed by atoms with Crippen LogP contribution in [0.15, 0.2) is 58.5 Å². The highest BCUT2D eigenvalue weighted by Crippen LogP contribution is 2.31. The highest BCUT2D eigenvalue weighted by molar-refractivity contribution is 5.94. The summed E-state index contributed by atoms with van der Waals surface area (Å²) < 4.78 is 16.7. The number of likely N-dealkylation sites (N-methyl/N-ethyl adjacent to an activating group) is 1. The van der Waals surface area contributed by atoms with Crippen LogP contribution in [0.3, 0.4) is 0 Å². The van der Waals surface area contributed by atoms with E-state index in [1.807, 2.05) is 32.8 Å². The molecule has 7 N–H and O–H groups in total. The minimum absolute atomic E-state index is 0.0962. The predicted molar refractivity (Wildman–Crippen MR) is 168 cm³/mol. The lowest BCUT2D eigenvalue weighted by Crippen LogP contribution is -2.41. The average molecular weight is 621 g/mol. The number of allylic oxidation sites excluding steroid dienone is 2. The van der Waals surface area contributed by atoms with Crippen LogP contribution in [-0.4, -0.2) is 110 Å². The van der Waals surface area contributed by atoms with E-state index in [0.29, 0.717) is 48.3 Å². The second-order valence-corrected chi connectivity index (χ2v) is 12.0. The van der Waals surface area contributed by atoms with Gasteiger partial charge < -0.3 is 50.8 Å². The lowest BCUT2D eigenvalue weighted by Gasteiger charge is -2.33. The predicted octanol–water partition coefficient (Wildman–Crippen LogP) is 1.50. The number of hydrogen-bond acceptors (Lipinski definition) is 10. The molecule has 0 aromatic carbocycles. The van der Waals surface area contributed by atoms with Gasteiger partial charge in [-0.3, -0.25) is 4.79 Å². The summed E-state index contributed by atoms with van der Waals surface area (Å²) in [5.41, 5.74) is 7.54. The second-order valence-electron chi connectivity index (χ2n) is 12.0. The maximum atomic E-state index is 13.1. The lowest BCUT2D eigenvalue weighted by molar-refractivity contribution is -0.117. The van der Waals surface area contributed by atoms with Crippen molar-refractivity contribution < 1.29 is 39.1 Å². The Hall–Kier alpha value is -3.00. The van der Waals surface area contributed by atoms with E-state index >= 15 is 0 Å². The molecule has 0 spiro atoms. The SMILES string of the molecule is CO[C@H]1/C=C\C=C(/C)C(=O)NC2=CC(O)C(NCCN(C)C)=C(C[C@@H](C)C[C@H](OC)[C@H](O)[C@@H](C)/C=C(\C)[C@@H]1OC(N)=O)C2O. The molecule has 2 amide bonds. The summed E-state index contributed by atoms with van der Waals surface area (Å²) in [6.07, 6.45) is 2.47. The first-order valence-corrected chi connectivity index (χ1v) is 14.9. The van der Waals surface area contributed by atoms with Crippen LogP contribution >= 0.6 is 0 Å². The number of nitrogens with two attached hydrogens (primary N) is 1. The fourth-order valence-corrected chi connectivity index (χ4v) is 5.47. The number of aliphatic hydroxyl groups is 3. The normalized spacial score (nSPS) is 34.3. The molecule has 1 aliphatic heterocycles. The summed E-state index contributed by atoms with van der Waals surface area (Å²) in [5, 5.41) is 39.9. The van der Waals surface area contributed by atoms with E-state index in [9.17, 15) is 24.9 Å². The van der Waals surface area contributed by atoms with Crippen molar-refractivity contribution in [3.63, 3.8) is 0 Å². The highest BCUT2D eigenvalue weighted by Gasteiger charge is 2.33. The van der Waals surface area contributed by atoms with Crippen molar-refractivity contribution in [1.82, 2.24) is 15.5 Å². The summed E-state index contributed by atoms with van der Waals surface area (Å²) in [4.78, 5) is 26.9. The molecule has 2 bridgehead atoms. The molecule has 8 atom stereocenters. The van der Waals surface area contributed by atoms with Crippen LogP contribution in [0, 0.1) is 11.8 Å². The van der Waals surface area contributed by atoms with Crippen molar-refractivity contribution in [2.24, 2.45) is 17.6 Å². The number of rotatable bonds is 7. The van der Waals surface area contributed by atoms with Crippen LogP contribution in [0.5, 0.6) is 0 Å². The number of aliphatic hydroxyl groups excluding tert-OH is 3. The molecular weight excluding hydrogens is 568 g/mol. The Morgan fingerprint density at radius 1 is 1.14 bits per heavy atom. The molecule has 1 heterocycles. The van der Waals surface area contributed by atoms with Gasteiger partial charge in [-0.25, -0.2) is 4.79 Å². The first-order valence-electron chi connectivity index (χ1n) is 14.9. The minimum Gasteiger partial charge on any atom is -0.439 e. The van der Waals surface area contributed by atoms with Gasteiger partial charge in [0.05, 0.1) is 12.2 Å². The largest absolute Gasteiger partial charge is 0.439 e. The third-order valence-corrected chi connectivity index (χ3v) is 7.95. The van der Waals surface area contributed by atoms with Gasteiger partial charge in [-0.15, -0.1) is 0 Å². The van der Waals surface area contributed by atoms with Gasteiger partial charge >= 0.3 is 6.09 Å². The maximum Gasteiger partial charge on any atom is 0.405 e. The van der Waals surface area contributed by atoms with Crippen molar-refractivity contribution >= 4 is 12.0 Å². The van der Waals surface area contributed by atoms with Gasteiger partial charge in [-0.2, -0.15) is 0 Å². The van der Waals surface area contributed by atoms with Crippen LogP contribution in [-0.2, 0) is 19.0 Å². The monoisotopic (exact) mass is 620 g/mol. The van der Waals surface area contributed by atoms with E-state index in [1.165, 1.54) is 20.3 Å². The van der Waals surface area contributed by atoms with Gasteiger partial charge in [0.1, 0.15) is 18.3 Å². The second kappa shape index (κ2) is 17.5. The molecule has 0 aromatic heterocycles. The smallest absolute Gasteiger partial charge is 0.405 e. The van der Waals surface area contributed by atoms with Crippen molar-refractivity contribution in [3.05, 3.63) is 58.5 Å². The zero-order chi connectivity index (χ0) is 33.1. The van der Waals surface area contributed by atoms with Gasteiger partial charge in [0.2, 0.25) is 0 Å². The number of methoxy groups -OCH3 is 2. The number of nitrogens with one attached hydrogen (secondary N) is 2. The zero-order valence-electron chi connectivity index (χ0n) is 27.2. The molecule has 0 aromatic rings. The van der Waals surface area contributed by atoms with Crippen LogP contribution in [0.1, 0.15) is 40.5 Å². The van der Waals surface area contributed by atoms with Gasteiger partial charge in [-0.05, 0) is 63.9 Å². The van der Waals surface area contributed by atoms with Crippen LogP contribution in [0.4, 0.5) is 4.79 Å². The molecule has 2 aliphatic rings. The molecule has 12 heteroatoms. The standard InChI is InChI=1S/C32H52N4O8/c1-18-14-22-27(34-12-13-36(5)6)24(37)17-23(29(22)39)35-31(40)19(2)10-9-11-25(42-7)30(44-32(33)41)21(4)16-20(3)28(38)26(15-18)43-8/h9-11,16-18,20,24-26,28-30,34,37-39H,12-15H2,1-8H3,(H2,33,41)(H,35,40)/b11-9-,19-10+,21-16+/t18-,20+,24?,25+,26+,28-,29?,30+/m1/s1. The number of amides is 2. The Labute approximate surface area is 261 Å². The Balaban J connectivity index is 2.59. The Kier molecular flexibility index (Phi) is 14.8. The van der Waals surface area contributed by atoms with Crippen LogP contribution < -0.4 is 16.4 Å². The third kappa shape index (κ3) is 10.6. The van der Waals surface area contributed by atoms with E-state index in [1.54, 1.807) is 38.2 Å². The van der Waals surface area contributed by atoms with Gasteiger partial charge in [0, 0.05) is 50.2 Å². The van der Waals surface area contributed by atoms with Crippen molar-refractivity contribution in [2.75, 3.05) is 41.4 Å². The van der Waals surface area contributed by atoms with Gasteiger partial charge in [0.25, 0.3) is 5.91 Å². The molecule has 2 unspecified atom stereocenters. The summed E-state index contributed by atoms with van der Waals surface area (Å²) in [6.45, 7) is 8.43. The summed E-state index contributed by atoms with van der Waals surface area (Å²) >= 11 is 0. The Bertz CT molecular complexity index is 1150. The molecule has 12 nitrogen and oxygen atoms in total. The molecule has 0 saturated heterocycles. The number of nitrogens with zero attached hydrogens (tertiary/aromatic N) is 1. The number of fused-ring (bicyclic) bond motifs is 2. The van der Waals surface area contributed by atoms with Crippen molar-refractivity contribution in [2.45, 2.75) is 77.2 Å². The van der Waals surface area contributed by atoms with Crippen LogP contribution in [0.25, 0.3) is 0 Å². The number of hydrogen-bond donors (Lipinski definition) is 6. The molecule has 2 rings (SSSR count). The van der Waals surface area contributed by atoms with E-state index in [-0.39, 0.29) is 11.6 Å².